The van der Waals surface area contributed by atoms with Gasteiger partial charge in [-0.2, -0.15) is 0 Å². The fraction of sp³-hybridized carbons (Fsp3) is 0.300. The summed E-state index contributed by atoms with van der Waals surface area (Å²) in [6.45, 7) is 6.64. The maximum Gasteiger partial charge on any atom is 0.253 e. The van der Waals surface area contributed by atoms with E-state index in [0.29, 0.717) is 28.7 Å². The van der Waals surface area contributed by atoms with Crippen LogP contribution in [-0.4, -0.2) is 24.9 Å². The van der Waals surface area contributed by atoms with Crippen molar-refractivity contribution >= 4 is 34.8 Å². The summed E-state index contributed by atoms with van der Waals surface area (Å²) in [5, 5.41) is 9.39. The molecule has 3 N–H and O–H groups in total. The molecule has 0 aliphatic heterocycles. The molecular formula is C20H24ClN3O2. The number of rotatable bonds is 7. The minimum Gasteiger partial charge on any atom is -0.376 e. The molecule has 138 valence electrons. The van der Waals surface area contributed by atoms with Gasteiger partial charge in [0.15, 0.2) is 0 Å². The quantitative estimate of drug-likeness (QED) is 0.684. The number of para-hydroxylation sites is 1. The second-order valence-electron chi connectivity index (χ2n) is 6.51. The van der Waals surface area contributed by atoms with Crippen molar-refractivity contribution in [2.45, 2.75) is 20.8 Å². The highest BCUT2D eigenvalue weighted by Crippen LogP contribution is 2.19. The van der Waals surface area contributed by atoms with Crippen molar-refractivity contribution in [3.05, 3.63) is 58.6 Å². The monoisotopic (exact) mass is 373 g/mol. The van der Waals surface area contributed by atoms with Crippen LogP contribution in [0.15, 0.2) is 42.5 Å². The van der Waals surface area contributed by atoms with Crippen molar-refractivity contribution in [1.82, 2.24) is 5.32 Å². The van der Waals surface area contributed by atoms with Gasteiger partial charge in [-0.05, 0) is 48.7 Å². The maximum absolute atomic E-state index is 12.3. The van der Waals surface area contributed by atoms with Crippen LogP contribution < -0.4 is 16.0 Å². The Morgan fingerprint density at radius 1 is 1.08 bits per heavy atom. The zero-order valence-electron chi connectivity index (χ0n) is 15.2. The SMILES string of the molecule is Cc1cc(Cl)ccc1NCC(=O)Nc1ccccc1C(=O)NCC(C)C. The highest BCUT2D eigenvalue weighted by Gasteiger charge is 2.13. The van der Waals surface area contributed by atoms with Gasteiger partial charge in [0, 0.05) is 17.3 Å². The summed E-state index contributed by atoms with van der Waals surface area (Å²) in [4.78, 5) is 24.6. The van der Waals surface area contributed by atoms with Crippen molar-refractivity contribution in [3.8, 4) is 0 Å². The predicted molar refractivity (Wildman–Crippen MR) is 107 cm³/mol. The van der Waals surface area contributed by atoms with Crippen LogP contribution in [0.1, 0.15) is 29.8 Å². The molecule has 2 aromatic rings. The van der Waals surface area contributed by atoms with Crippen molar-refractivity contribution in [3.63, 3.8) is 0 Å². The van der Waals surface area contributed by atoms with E-state index in [0.717, 1.165) is 11.3 Å². The minimum atomic E-state index is -0.233. The average Bonchev–Trinajstić information content (AvgIpc) is 2.59. The van der Waals surface area contributed by atoms with E-state index in [9.17, 15) is 9.59 Å². The molecule has 6 heteroatoms. The number of halogens is 1. The zero-order chi connectivity index (χ0) is 19.1. The van der Waals surface area contributed by atoms with Crippen LogP contribution in [0.25, 0.3) is 0 Å². The Morgan fingerprint density at radius 3 is 2.50 bits per heavy atom. The van der Waals surface area contributed by atoms with Crippen molar-refractivity contribution < 1.29 is 9.59 Å². The third-order valence-electron chi connectivity index (χ3n) is 3.74. The van der Waals surface area contributed by atoms with Crippen LogP contribution >= 0.6 is 11.6 Å². The van der Waals surface area contributed by atoms with Crippen molar-refractivity contribution in [2.24, 2.45) is 5.92 Å². The molecule has 0 aliphatic rings. The summed E-state index contributed by atoms with van der Waals surface area (Å²) in [6.07, 6.45) is 0. The zero-order valence-corrected chi connectivity index (χ0v) is 16.0. The Balaban J connectivity index is 1.99. The fourth-order valence-electron chi connectivity index (χ4n) is 2.38. The van der Waals surface area contributed by atoms with E-state index in [1.165, 1.54) is 0 Å². The van der Waals surface area contributed by atoms with E-state index in [2.05, 4.69) is 16.0 Å². The molecule has 0 atom stereocenters. The number of carbonyl (C=O) groups excluding carboxylic acids is 2. The highest BCUT2D eigenvalue weighted by molar-refractivity contribution is 6.30. The number of carbonyl (C=O) groups is 2. The van der Waals surface area contributed by atoms with E-state index in [-0.39, 0.29) is 18.4 Å². The van der Waals surface area contributed by atoms with Crippen LogP contribution in [0.5, 0.6) is 0 Å². The summed E-state index contributed by atoms with van der Waals surface area (Å²) in [5.41, 5.74) is 2.74. The van der Waals surface area contributed by atoms with Gasteiger partial charge in [0.05, 0.1) is 17.8 Å². The summed E-state index contributed by atoms with van der Waals surface area (Å²) in [5.74, 6) is -0.0768. The van der Waals surface area contributed by atoms with Gasteiger partial charge in [0.1, 0.15) is 0 Å². The Morgan fingerprint density at radius 2 is 1.81 bits per heavy atom. The first kappa shape index (κ1) is 19.8. The molecule has 2 rings (SSSR count). The van der Waals surface area contributed by atoms with E-state index >= 15 is 0 Å². The number of nitrogens with one attached hydrogen (secondary N) is 3. The third kappa shape index (κ3) is 5.77. The lowest BCUT2D eigenvalue weighted by Gasteiger charge is -2.13. The van der Waals surface area contributed by atoms with Crippen LogP contribution in [-0.2, 0) is 4.79 Å². The molecule has 0 aliphatic carbocycles. The van der Waals surface area contributed by atoms with Crippen molar-refractivity contribution in [2.75, 3.05) is 23.7 Å². The van der Waals surface area contributed by atoms with Crippen LogP contribution in [0.2, 0.25) is 5.02 Å². The predicted octanol–water partition coefficient (Wildman–Crippen LogP) is 4.08. The van der Waals surface area contributed by atoms with Crippen molar-refractivity contribution in [1.29, 1.82) is 0 Å². The standard InChI is InChI=1S/C20H24ClN3O2/c1-13(2)11-23-20(26)16-6-4-5-7-18(16)24-19(25)12-22-17-9-8-15(21)10-14(17)3/h4-10,13,22H,11-12H2,1-3H3,(H,23,26)(H,24,25). The third-order valence-corrected chi connectivity index (χ3v) is 3.98. The van der Waals surface area contributed by atoms with E-state index < -0.39 is 0 Å². The van der Waals surface area contributed by atoms with Gasteiger partial charge in [-0.15, -0.1) is 0 Å². The van der Waals surface area contributed by atoms with E-state index in [4.69, 9.17) is 11.6 Å². The number of hydrogen-bond acceptors (Lipinski definition) is 3. The molecule has 0 saturated heterocycles. The van der Waals surface area contributed by atoms with Gasteiger partial charge in [0.2, 0.25) is 5.91 Å². The van der Waals surface area contributed by atoms with Gasteiger partial charge < -0.3 is 16.0 Å². The lowest BCUT2D eigenvalue weighted by molar-refractivity contribution is -0.114. The summed E-state index contributed by atoms with van der Waals surface area (Å²) in [7, 11) is 0. The molecule has 0 heterocycles. The first-order chi connectivity index (χ1) is 12.4. The van der Waals surface area contributed by atoms with Crippen LogP contribution in [0, 0.1) is 12.8 Å². The molecule has 0 fully saturated rings. The maximum atomic E-state index is 12.3. The number of benzene rings is 2. The largest absolute Gasteiger partial charge is 0.376 e. The molecule has 0 aromatic heterocycles. The molecule has 0 bridgehead atoms. The molecule has 5 nitrogen and oxygen atoms in total. The van der Waals surface area contributed by atoms with Gasteiger partial charge >= 0.3 is 0 Å². The number of hydrogen-bond donors (Lipinski definition) is 3. The lowest BCUT2D eigenvalue weighted by atomic mass is 10.1. The Hall–Kier alpha value is -2.53. The number of amides is 2. The van der Waals surface area contributed by atoms with Crippen LogP contribution in [0.4, 0.5) is 11.4 Å². The molecule has 0 saturated carbocycles. The topological polar surface area (TPSA) is 70.2 Å². The first-order valence-corrected chi connectivity index (χ1v) is 8.91. The second kappa shape index (κ2) is 9.25. The first-order valence-electron chi connectivity index (χ1n) is 8.54. The van der Waals surface area contributed by atoms with Gasteiger partial charge in [-0.3, -0.25) is 9.59 Å². The summed E-state index contributed by atoms with van der Waals surface area (Å²) >= 11 is 5.93. The Labute approximate surface area is 159 Å². The van der Waals surface area contributed by atoms with Gasteiger partial charge in [-0.1, -0.05) is 37.6 Å². The second-order valence-corrected chi connectivity index (χ2v) is 6.95. The molecule has 2 aromatic carbocycles. The molecular weight excluding hydrogens is 350 g/mol. The molecule has 26 heavy (non-hydrogen) atoms. The average molecular weight is 374 g/mol. The Kier molecular flexibility index (Phi) is 7.04. The molecule has 0 radical (unpaired) electrons. The fourth-order valence-corrected chi connectivity index (χ4v) is 2.60. The van der Waals surface area contributed by atoms with Gasteiger partial charge in [0.25, 0.3) is 5.91 Å². The summed E-state index contributed by atoms with van der Waals surface area (Å²) < 4.78 is 0. The Bertz CT molecular complexity index is 790. The summed E-state index contributed by atoms with van der Waals surface area (Å²) in [6, 6.07) is 12.4. The lowest BCUT2D eigenvalue weighted by Crippen LogP contribution is -2.29. The number of anilines is 2. The molecule has 0 unspecified atom stereocenters. The number of aryl methyl sites for hydroxylation is 1. The smallest absolute Gasteiger partial charge is 0.253 e. The van der Waals surface area contributed by atoms with Crippen LogP contribution in [0.3, 0.4) is 0 Å². The van der Waals surface area contributed by atoms with E-state index in [1.807, 2.05) is 32.9 Å². The molecule has 2 amide bonds. The molecule has 0 spiro atoms. The highest BCUT2D eigenvalue weighted by atomic mass is 35.5. The minimum absolute atomic E-state index is 0.0877. The normalized spacial score (nSPS) is 10.5. The van der Waals surface area contributed by atoms with Gasteiger partial charge in [-0.25, -0.2) is 0 Å². The van der Waals surface area contributed by atoms with E-state index in [1.54, 1.807) is 30.3 Å².